The highest BCUT2D eigenvalue weighted by molar-refractivity contribution is 5.79. The molecule has 0 spiro atoms. The molecule has 0 aliphatic carbocycles. The molecule has 0 aliphatic rings. The van der Waals surface area contributed by atoms with Gasteiger partial charge in [0, 0.05) is 6.20 Å². The van der Waals surface area contributed by atoms with Gasteiger partial charge in [0.15, 0.2) is 0 Å². The summed E-state index contributed by atoms with van der Waals surface area (Å²) in [6, 6.07) is 13.1. The first kappa shape index (κ1) is 14.1. The zero-order valence-corrected chi connectivity index (χ0v) is 11.7. The molecule has 0 bridgehead atoms. The van der Waals surface area contributed by atoms with Gasteiger partial charge in [-0.1, -0.05) is 18.2 Å². The Kier molecular flexibility index (Phi) is 4.71. The zero-order valence-electron chi connectivity index (χ0n) is 11.7. The minimum Gasteiger partial charge on any atom is -0.497 e. The van der Waals surface area contributed by atoms with E-state index in [4.69, 9.17) is 4.74 Å². The number of nitrogens with one attached hydrogen (secondary N) is 1. The van der Waals surface area contributed by atoms with Crippen LogP contribution in [0.2, 0.25) is 0 Å². The number of hydrogen-bond donors (Lipinski definition) is 1. The number of aromatic nitrogens is 1. The molecular formula is C16H18N2O2. The van der Waals surface area contributed by atoms with Gasteiger partial charge in [-0.05, 0) is 36.8 Å². The molecular weight excluding hydrogens is 252 g/mol. The molecule has 0 saturated carbocycles. The average Bonchev–Trinajstić information content (AvgIpc) is 2.48. The van der Waals surface area contributed by atoms with Gasteiger partial charge in [-0.2, -0.15) is 0 Å². The average molecular weight is 270 g/mol. The van der Waals surface area contributed by atoms with E-state index in [-0.39, 0.29) is 11.9 Å². The molecule has 1 aromatic carbocycles. The standard InChI is InChI=1S/C16H18N2O2/c1-12(15-8-3-4-9-17-15)18-16(19)11-13-6-5-7-14(10-13)20-2/h3-10,12H,11H2,1-2H3,(H,18,19)/t12-/m0/s1. The Labute approximate surface area is 118 Å². The molecule has 0 unspecified atom stereocenters. The van der Waals surface area contributed by atoms with Crippen LogP contribution in [-0.4, -0.2) is 18.0 Å². The lowest BCUT2D eigenvalue weighted by Crippen LogP contribution is -2.28. The summed E-state index contributed by atoms with van der Waals surface area (Å²) in [6.07, 6.45) is 2.05. The predicted octanol–water partition coefficient (Wildman–Crippen LogP) is 2.51. The van der Waals surface area contributed by atoms with Gasteiger partial charge >= 0.3 is 0 Å². The molecule has 0 fully saturated rings. The highest BCUT2D eigenvalue weighted by atomic mass is 16.5. The van der Waals surface area contributed by atoms with Gasteiger partial charge in [0.2, 0.25) is 5.91 Å². The van der Waals surface area contributed by atoms with Crippen LogP contribution in [0.4, 0.5) is 0 Å². The van der Waals surface area contributed by atoms with Crippen LogP contribution in [-0.2, 0) is 11.2 Å². The van der Waals surface area contributed by atoms with Crippen LogP contribution >= 0.6 is 0 Å². The van der Waals surface area contributed by atoms with Gasteiger partial charge in [-0.15, -0.1) is 0 Å². The summed E-state index contributed by atoms with van der Waals surface area (Å²) in [5, 5.41) is 2.94. The number of methoxy groups -OCH3 is 1. The molecule has 20 heavy (non-hydrogen) atoms. The smallest absolute Gasteiger partial charge is 0.224 e. The minimum atomic E-state index is -0.102. The van der Waals surface area contributed by atoms with E-state index < -0.39 is 0 Å². The molecule has 104 valence electrons. The summed E-state index contributed by atoms with van der Waals surface area (Å²) < 4.78 is 5.15. The van der Waals surface area contributed by atoms with E-state index in [9.17, 15) is 4.79 Å². The Bertz CT molecular complexity index is 570. The fourth-order valence-corrected chi connectivity index (χ4v) is 1.97. The van der Waals surface area contributed by atoms with E-state index in [1.165, 1.54) is 0 Å². The fourth-order valence-electron chi connectivity index (χ4n) is 1.97. The van der Waals surface area contributed by atoms with Crippen LogP contribution in [0.5, 0.6) is 5.75 Å². The van der Waals surface area contributed by atoms with Gasteiger partial charge in [0.25, 0.3) is 0 Å². The Balaban J connectivity index is 1.95. The van der Waals surface area contributed by atoms with Crippen molar-refractivity contribution in [2.45, 2.75) is 19.4 Å². The third-order valence-electron chi connectivity index (χ3n) is 3.01. The number of pyridine rings is 1. The second-order valence-electron chi connectivity index (χ2n) is 4.57. The van der Waals surface area contributed by atoms with Crippen LogP contribution in [0.3, 0.4) is 0 Å². The van der Waals surface area contributed by atoms with Gasteiger partial charge < -0.3 is 10.1 Å². The molecule has 2 rings (SSSR count). The maximum Gasteiger partial charge on any atom is 0.224 e. The Morgan fingerprint density at radius 2 is 2.15 bits per heavy atom. The monoisotopic (exact) mass is 270 g/mol. The van der Waals surface area contributed by atoms with Crippen molar-refractivity contribution < 1.29 is 9.53 Å². The lowest BCUT2D eigenvalue weighted by Gasteiger charge is -2.13. The first-order chi connectivity index (χ1) is 9.69. The molecule has 4 heteroatoms. The third-order valence-corrected chi connectivity index (χ3v) is 3.01. The first-order valence-electron chi connectivity index (χ1n) is 6.52. The number of amides is 1. The van der Waals surface area contributed by atoms with Crippen molar-refractivity contribution in [3.8, 4) is 5.75 Å². The fraction of sp³-hybridized carbons (Fsp3) is 0.250. The minimum absolute atomic E-state index is 0.0311. The Hall–Kier alpha value is -2.36. The Morgan fingerprint density at radius 1 is 1.30 bits per heavy atom. The molecule has 2 aromatic rings. The molecule has 1 heterocycles. The number of nitrogens with zero attached hydrogens (tertiary/aromatic N) is 1. The van der Waals surface area contributed by atoms with Crippen LogP contribution < -0.4 is 10.1 Å². The summed E-state index contributed by atoms with van der Waals surface area (Å²) in [5.41, 5.74) is 1.78. The molecule has 0 radical (unpaired) electrons. The van der Waals surface area contributed by atoms with Crippen LogP contribution in [0.25, 0.3) is 0 Å². The molecule has 1 aromatic heterocycles. The van der Waals surface area contributed by atoms with Crippen molar-refractivity contribution in [3.63, 3.8) is 0 Å². The van der Waals surface area contributed by atoms with Crippen molar-refractivity contribution in [2.75, 3.05) is 7.11 Å². The van der Waals surface area contributed by atoms with Crippen molar-refractivity contribution in [3.05, 3.63) is 59.9 Å². The number of benzene rings is 1. The van der Waals surface area contributed by atoms with Crippen LogP contribution in [0.15, 0.2) is 48.7 Å². The number of carbonyl (C=O) groups excluding carboxylic acids is 1. The lowest BCUT2D eigenvalue weighted by molar-refractivity contribution is -0.121. The van der Waals surface area contributed by atoms with E-state index in [2.05, 4.69) is 10.3 Å². The second kappa shape index (κ2) is 6.70. The number of rotatable bonds is 5. The topological polar surface area (TPSA) is 51.2 Å². The quantitative estimate of drug-likeness (QED) is 0.908. The van der Waals surface area contributed by atoms with E-state index in [1.807, 2.05) is 49.4 Å². The normalized spacial score (nSPS) is 11.7. The maximum atomic E-state index is 12.0. The largest absolute Gasteiger partial charge is 0.497 e. The SMILES string of the molecule is COc1cccc(CC(=O)N[C@@H](C)c2ccccn2)c1. The van der Waals surface area contributed by atoms with E-state index in [0.717, 1.165) is 17.0 Å². The van der Waals surface area contributed by atoms with Crippen molar-refractivity contribution in [1.82, 2.24) is 10.3 Å². The highest BCUT2D eigenvalue weighted by Crippen LogP contribution is 2.14. The summed E-state index contributed by atoms with van der Waals surface area (Å²) >= 11 is 0. The first-order valence-corrected chi connectivity index (χ1v) is 6.52. The van der Waals surface area contributed by atoms with Crippen molar-refractivity contribution in [1.29, 1.82) is 0 Å². The number of hydrogen-bond acceptors (Lipinski definition) is 3. The lowest BCUT2D eigenvalue weighted by atomic mass is 10.1. The number of ether oxygens (including phenoxy) is 1. The molecule has 1 amide bonds. The molecule has 1 N–H and O–H groups in total. The summed E-state index contributed by atoms with van der Waals surface area (Å²) in [4.78, 5) is 16.2. The van der Waals surface area contributed by atoms with Crippen LogP contribution in [0, 0.1) is 0 Å². The summed E-state index contributed by atoms with van der Waals surface area (Å²) in [5.74, 6) is 0.726. The van der Waals surface area contributed by atoms with E-state index >= 15 is 0 Å². The van der Waals surface area contributed by atoms with Gasteiger partial charge in [0.1, 0.15) is 5.75 Å². The van der Waals surface area contributed by atoms with Crippen LogP contribution in [0.1, 0.15) is 24.2 Å². The molecule has 0 saturated heterocycles. The van der Waals surface area contributed by atoms with Gasteiger partial charge in [0.05, 0.1) is 25.3 Å². The van der Waals surface area contributed by atoms with Gasteiger partial charge in [-0.3, -0.25) is 9.78 Å². The highest BCUT2D eigenvalue weighted by Gasteiger charge is 2.11. The zero-order chi connectivity index (χ0) is 14.4. The van der Waals surface area contributed by atoms with E-state index in [1.54, 1.807) is 13.3 Å². The molecule has 1 atom stereocenters. The van der Waals surface area contributed by atoms with Gasteiger partial charge in [-0.25, -0.2) is 0 Å². The Morgan fingerprint density at radius 3 is 2.85 bits per heavy atom. The third kappa shape index (κ3) is 3.82. The summed E-state index contributed by atoms with van der Waals surface area (Å²) in [7, 11) is 1.61. The number of carbonyl (C=O) groups is 1. The van der Waals surface area contributed by atoms with E-state index in [0.29, 0.717) is 6.42 Å². The second-order valence-corrected chi connectivity index (χ2v) is 4.57. The van der Waals surface area contributed by atoms with Crippen molar-refractivity contribution >= 4 is 5.91 Å². The molecule has 0 aliphatic heterocycles. The maximum absolute atomic E-state index is 12.0. The molecule has 4 nitrogen and oxygen atoms in total. The van der Waals surface area contributed by atoms with Crippen molar-refractivity contribution in [2.24, 2.45) is 0 Å². The summed E-state index contributed by atoms with van der Waals surface area (Å²) in [6.45, 7) is 1.92. The predicted molar refractivity (Wildman–Crippen MR) is 77.5 cm³/mol.